The van der Waals surface area contributed by atoms with Crippen LogP contribution in [-0.4, -0.2) is 23.9 Å². The SMILES string of the molecule is O=C(Cc1ccc(C2CCNC2)cc1)c1ccc(Cl)cn1. The van der Waals surface area contributed by atoms with Crippen molar-refractivity contribution in [3.63, 3.8) is 0 Å². The maximum absolute atomic E-state index is 12.2. The summed E-state index contributed by atoms with van der Waals surface area (Å²) in [5.41, 5.74) is 2.83. The van der Waals surface area contributed by atoms with Gasteiger partial charge < -0.3 is 5.32 Å². The summed E-state index contributed by atoms with van der Waals surface area (Å²) in [4.78, 5) is 16.2. The molecule has 1 N–H and O–H groups in total. The molecule has 1 aliphatic rings. The second-order valence-electron chi connectivity index (χ2n) is 5.39. The zero-order valence-corrected chi connectivity index (χ0v) is 12.4. The number of aromatic nitrogens is 1. The van der Waals surface area contributed by atoms with Gasteiger partial charge in [-0.05, 0) is 42.1 Å². The number of ketones is 1. The zero-order valence-electron chi connectivity index (χ0n) is 11.7. The van der Waals surface area contributed by atoms with Crippen molar-refractivity contribution in [2.45, 2.75) is 18.8 Å². The van der Waals surface area contributed by atoms with Gasteiger partial charge >= 0.3 is 0 Å². The van der Waals surface area contributed by atoms with Crippen molar-refractivity contribution >= 4 is 17.4 Å². The van der Waals surface area contributed by atoms with E-state index in [0.29, 0.717) is 23.1 Å². The molecule has 2 heterocycles. The Hall–Kier alpha value is -1.71. The van der Waals surface area contributed by atoms with Crippen molar-refractivity contribution in [1.82, 2.24) is 10.3 Å². The van der Waals surface area contributed by atoms with Crippen LogP contribution in [0.4, 0.5) is 0 Å². The molecule has 2 aromatic rings. The van der Waals surface area contributed by atoms with Crippen LogP contribution in [0.5, 0.6) is 0 Å². The summed E-state index contributed by atoms with van der Waals surface area (Å²) < 4.78 is 0. The second kappa shape index (κ2) is 6.37. The van der Waals surface area contributed by atoms with Crippen molar-refractivity contribution in [3.05, 3.63) is 64.4 Å². The molecule has 1 unspecified atom stereocenters. The number of nitrogens with one attached hydrogen (secondary N) is 1. The van der Waals surface area contributed by atoms with Gasteiger partial charge in [0.25, 0.3) is 0 Å². The summed E-state index contributed by atoms with van der Waals surface area (Å²) in [5.74, 6) is 0.620. The third-order valence-corrected chi connectivity index (χ3v) is 4.11. The molecule has 21 heavy (non-hydrogen) atoms. The van der Waals surface area contributed by atoms with Gasteiger partial charge in [0.1, 0.15) is 5.69 Å². The van der Waals surface area contributed by atoms with Crippen molar-refractivity contribution in [1.29, 1.82) is 0 Å². The Balaban J connectivity index is 1.67. The topological polar surface area (TPSA) is 42.0 Å². The smallest absolute Gasteiger partial charge is 0.185 e. The maximum Gasteiger partial charge on any atom is 0.185 e. The first-order valence-electron chi connectivity index (χ1n) is 7.17. The summed E-state index contributed by atoms with van der Waals surface area (Å²) in [6, 6.07) is 11.7. The number of halogens is 1. The molecule has 1 aromatic heterocycles. The quantitative estimate of drug-likeness (QED) is 0.882. The largest absolute Gasteiger partial charge is 0.316 e. The van der Waals surface area contributed by atoms with Gasteiger partial charge in [0.2, 0.25) is 0 Å². The zero-order chi connectivity index (χ0) is 14.7. The second-order valence-corrected chi connectivity index (χ2v) is 5.83. The van der Waals surface area contributed by atoms with Crippen LogP contribution in [0.3, 0.4) is 0 Å². The van der Waals surface area contributed by atoms with Gasteiger partial charge in [0.05, 0.1) is 5.02 Å². The normalized spacial score (nSPS) is 17.9. The Labute approximate surface area is 129 Å². The molecule has 0 amide bonds. The maximum atomic E-state index is 12.2. The lowest BCUT2D eigenvalue weighted by atomic mass is 9.96. The van der Waals surface area contributed by atoms with Crippen LogP contribution in [0.25, 0.3) is 0 Å². The summed E-state index contributed by atoms with van der Waals surface area (Å²) in [7, 11) is 0. The van der Waals surface area contributed by atoms with Crippen LogP contribution in [0.2, 0.25) is 5.02 Å². The molecular weight excluding hydrogens is 284 g/mol. The van der Waals surface area contributed by atoms with E-state index in [0.717, 1.165) is 18.7 Å². The van der Waals surface area contributed by atoms with Crippen molar-refractivity contribution < 1.29 is 4.79 Å². The molecule has 1 saturated heterocycles. The molecular formula is C17H17ClN2O. The summed E-state index contributed by atoms with van der Waals surface area (Å²) >= 11 is 5.78. The number of hydrogen-bond donors (Lipinski definition) is 1. The minimum atomic E-state index is 0.0157. The van der Waals surface area contributed by atoms with Gasteiger partial charge in [0.15, 0.2) is 5.78 Å². The minimum Gasteiger partial charge on any atom is -0.316 e. The predicted molar refractivity (Wildman–Crippen MR) is 84.0 cm³/mol. The van der Waals surface area contributed by atoms with Crippen LogP contribution in [0, 0.1) is 0 Å². The predicted octanol–water partition coefficient (Wildman–Crippen LogP) is 3.24. The number of benzene rings is 1. The van der Waals surface area contributed by atoms with E-state index in [1.165, 1.54) is 18.2 Å². The Bertz CT molecular complexity index is 616. The van der Waals surface area contributed by atoms with E-state index < -0.39 is 0 Å². The summed E-state index contributed by atoms with van der Waals surface area (Å²) in [6.45, 7) is 2.14. The molecule has 0 spiro atoms. The van der Waals surface area contributed by atoms with Crippen molar-refractivity contribution in [3.8, 4) is 0 Å². The lowest BCUT2D eigenvalue weighted by molar-refractivity contribution is 0.0988. The Morgan fingerprint density at radius 3 is 2.67 bits per heavy atom. The number of rotatable bonds is 4. The fourth-order valence-electron chi connectivity index (χ4n) is 2.66. The molecule has 3 rings (SSSR count). The van der Waals surface area contributed by atoms with Crippen molar-refractivity contribution in [2.75, 3.05) is 13.1 Å². The number of carbonyl (C=O) groups excluding carboxylic acids is 1. The number of pyridine rings is 1. The van der Waals surface area contributed by atoms with Gasteiger partial charge in [-0.25, -0.2) is 0 Å². The van der Waals surface area contributed by atoms with Gasteiger partial charge in [-0.1, -0.05) is 35.9 Å². The molecule has 1 aromatic carbocycles. The fourth-order valence-corrected chi connectivity index (χ4v) is 2.78. The van der Waals surface area contributed by atoms with Gasteiger partial charge in [-0.3, -0.25) is 9.78 Å². The first-order valence-corrected chi connectivity index (χ1v) is 7.54. The third kappa shape index (κ3) is 3.49. The number of nitrogens with zero attached hydrogens (tertiary/aromatic N) is 1. The molecule has 0 aliphatic carbocycles. The van der Waals surface area contributed by atoms with Crippen LogP contribution in [0.1, 0.15) is 34.0 Å². The average Bonchev–Trinajstić information content (AvgIpc) is 3.03. The highest BCUT2D eigenvalue weighted by Gasteiger charge is 2.16. The number of carbonyl (C=O) groups is 1. The molecule has 108 valence electrons. The first-order chi connectivity index (χ1) is 10.2. The molecule has 0 saturated carbocycles. The fraction of sp³-hybridized carbons (Fsp3) is 0.294. The van der Waals surface area contributed by atoms with Crippen LogP contribution >= 0.6 is 11.6 Å². The monoisotopic (exact) mass is 300 g/mol. The van der Waals surface area contributed by atoms with E-state index in [1.54, 1.807) is 12.1 Å². The molecule has 1 atom stereocenters. The highest BCUT2D eigenvalue weighted by atomic mass is 35.5. The molecule has 0 bridgehead atoms. The average molecular weight is 301 g/mol. The minimum absolute atomic E-state index is 0.0157. The molecule has 1 fully saturated rings. The van der Waals surface area contributed by atoms with E-state index in [-0.39, 0.29) is 5.78 Å². The van der Waals surface area contributed by atoms with Crippen LogP contribution < -0.4 is 5.32 Å². The number of hydrogen-bond acceptors (Lipinski definition) is 3. The standard InChI is InChI=1S/C17H17ClN2O/c18-15-5-6-16(20-11-15)17(21)9-12-1-3-13(4-2-12)14-7-8-19-10-14/h1-6,11,14,19H,7-10H2. The van der Waals surface area contributed by atoms with E-state index in [9.17, 15) is 4.79 Å². The van der Waals surface area contributed by atoms with E-state index in [2.05, 4.69) is 22.4 Å². The Morgan fingerprint density at radius 2 is 2.05 bits per heavy atom. The Kier molecular flexibility index (Phi) is 4.32. The lowest BCUT2D eigenvalue weighted by Crippen LogP contribution is -2.08. The van der Waals surface area contributed by atoms with Crippen molar-refractivity contribution in [2.24, 2.45) is 0 Å². The van der Waals surface area contributed by atoms with Gasteiger partial charge in [0, 0.05) is 19.2 Å². The van der Waals surface area contributed by atoms with Crippen LogP contribution in [-0.2, 0) is 6.42 Å². The molecule has 1 aliphatic heterocycles. The van der Waals surface area contributed by atoms with Gasteiger partial charge in [-0.15, -0.1) is 0 Å². The van der Waals surface area contributed by atoms with Crippen LogP contribution in [0.15, 0.2) is 42.6 Å². The summed E-state index contributed by atoms with van der Waals surface area (Å²) in [5, 5.41) is 3.91. The molecule has 3 nitrogen and oxygen atoms in total. The third-order valence-electron chi connectivity index (χ3n) is 3.89. The van der Waals surface area contributed by atoms with E-state index >= 15 is 0 Å². The number of Topliss-reactive ketones (excluding diaryl/α,β-unsaturated/α-hetero) is 1. The molecule has 0 radical (unpaired) electrons. The van der Waals surface area contributed by atoms with E-state index in [1.807, 2.05) is 12.1 Å². The highest BCUT2D eigenvalue weighted by Crippen LogP contribution is 2.22. The first kappa shape index (κ1) is 14.2. The lowest BCUT2D eigenvalue weighted by Gasteiger charge is -2.09. The molecule has 4 heteroatoms. The summed E-state index contributed by atoms with van der Waals surface area (Å²) in [6.07, 6.45) is 3.07. The van der Waals surface area contributed by atoms with E-state index in [4.69, 9.17) is 11.6 Å². The highest BCUT2D eigenvalue weighted by molar-refractivity contribution is 6.30. The Morgan fingerprint density at radius 1 is 1.24 bits per heavy atom. The van der Waals surface area contributed by atoms with Gasteiger partial charge in [-0.2, -0.15) is 0 Å².